The second-order valence-corrected chi connectivity index (χ2v) is 4.44. The molecule has 0 saturated carbocycles. The Hall–Kier alpha value is 0.210. The molecule has 0 bridgehead atoms. The minimum atomic E-state index is 0.109. The topological polar surface area (TPSA) is 6.48 Å². The summed E-state index contributed by atoms with van der Waals surface area (Å²) in [6.45, 7) is 6.47. The molecular formula is C9H21ClN2. The molecule has 74 valence electrons. The first-order valence-corrected chi connectivity index (χ1v) is 4.85. The highest BCUT2D eigenvalue weighted by atomic mass is 35.5. The van der Waals surface area contributed by atoms with Gasteiger partial charge in [0.05, 0.1) is 0 Å². The summed E-state index contributed by atoms with van der Waals surface area (Å²) in [4.78, 5) is 4.47. The summed E-state index contributed by atoms with van der Waals surface area (Å²) in [7, 11) is 6.29. The molecule has 0 saturated heterocycles. The van der Waals surface area contributed by atoms with Crippen LogP contribution in [-0.4, -0.2) is 55.5 Å². The molecule has 0 rings (SSSR count). The summed E-state index contributed by atoms with van der Waals surface area (Å²) in [5.74, 6) is 0.678. The Morgan fingerprint density at radius 3 is 1.92 bits per heavy atom. The molecule has 0 aromatic rings. The predicted octanol–water partition coefficient (Wildman–Crippen LogP) is 1.50. The van der Waals surface area contributed by atoms with Crippen LogP contribution < -0.4 is 0 Å². The van der Waals surface area contributed by atoms with Gasteiger partial charge in [0.1, 0.15) is 0 Å². The Labute approximate surface area is 81.5 Å². The summed E-state index contributed by atoms with van der Waals surface area (Å²) in [5.41, 5.74) is 0.109. The van der Waals surface area contributed by atoms with Gasteiger partial charge in [-0.3, -0.25) is 4.90 Å². The molecule has 2 nitrogen and oxygen atoms in total. The van der Waals surface area contributed by atoms with Crippen molar-refractivity contribution in [3.63, 3.8) is 0 Å². The van der Waals surface area contributed by atoms with Gasteiger partial charge in [-0.15, -0.1) is 11.6 Å². The molecule has 0 N–H and O–H groups in total. The van der Waals surface area contributed by atoms with Crippen LogP contribution in [-0.2, 0) is 0 Å². The van der Waals surface area contributed by atoms with E-state index in [1.54, 1.807) is 0 Å². The van der Waals surface area contributed by atoms with E-state index in [1.165, 1.54) is 0 Å². The number of hydrogen-bond acceptors (Lipinski definition) is 2. The van der Waals surface area contributed by atoms with Crippen LogP contribution in [0.3, 0.4) is 0 Å². The minimum Gasteiger partial charge on any atom is -0.308 e. The summed E-state index contributed by atoms with van der Waals surface area (Å²) < 4.78 is 0. The maximum absolute atomic E-state index is 5.85. The number of rotatable bonds is 5. The van der Waals surface area contributed by atoms with Crippen LogP contribution in [0.4, 0.5) is 0 Å². The van der Waals surface area contributed by atoms with Crippen LogP contribution in [0.2, 0.25) is 0 Å². The van der Waals surface area contributed by atoms with Crippen molar-refractivity contribution in [2.75, 3.05) is 40.1 Å². The van der Waals surface area contributed by atoms with Gasteiger partial charge in [0, 0.05) is 24.5 Å². The fraction of sp³-hybridized carbons (Fsp3) is 1.00. The Morgan fingerprint density at radius 1 is 1.08 bits per heavy atom. The molecule has 0 aliphatic rings. The number of alkyl halides is 1. The molecule has 0 aliphatic carbocycles. The third-order valence-electron chi connectivity index (χ3n) is 2.24. The highest BCUT2D eigenvalue weighted by molar-refractivity contribution is 6.18. The highest BCUT2D eigenvalue weighted by Gasteiger charge is 2.21. The Morgan fingerprint density at radius 2 is 1.58 bits per heavy atom. The molecule has 0 unspecified atom stereocenters. The van der Waals surface area contributed by atoms with Gasteiger partial charge in [-0.2, -0.15) is 0 Å². The van der Waals surface area contributed by atoms with Crippen molar-refractivity contribution in [2.45, 2.75) is 19.4 Å². The summed E-state index contributed by atoms with van der Waals surface area (Å²) >= 11 is 5.85. The van der Waals surface area contributed by atoms with Crippen LogP contribution >= 0.6 is 11.6 Å². The summed E-state index contributed by atoms with van der Waals surface area (Å²) in [6, 6.07) is 0. The van der Waals surface area contributed by atoms with E-state index >= 15 is 0 Å². The van der Waals surface area contributed by atoms with E-state index in [2.05, 4.69) is 44.8 Å². The van der Waals surface area contributed by atoms with Gasteiger partial charge in [-0.05, 0) is 35.0 Å². The lowest BCUT2D eigenvalue weighted by Crippen LogP contribution is -2.45. The van der Waals surface area contributed by atoms with Crippen molar-refractivity contribution >= 4 is 11.6 Å². The second kappa shape index (κ2) is 5.05. The molecule has 0 atom stereocenters. The lowest BCUT2D eigenvalue weighted by molar-refractivity contribution is 0.164. The van der Waals surface area contributed by atoms with Crippen LogP contribution in [0.25, 0.3) is 0 Å². The molecule has 0 spiro atoms. The van der Waals surface area contributed by atoms with E-state index in [-0.39, 0.29) is 5.54 Å². The van der Waals surface area contributed by atoms with Crippen molar-refractivity contribution in [3.05, 3.63) is 0 Å². The fourth-order valence-corrected chi connectivity index (χ4v) is 0.959. The van der Waals surface area contributed by atoms with Gasteiger partial charge >= 0.3 is 0 Å². The molecular weight excluding hydrogens is 172 g/mol. The number of likely N-dealkylation sites (N-methyl/N-ethyl adjacent to an activating group) is 2. The minimum absolute atomic E-state index is 0.109. The molecule has 0 amide bonds. The van der Waals surface area contributed by atoms with E-state index in [1.807, 2.05) is 0 Å². The van der Waals surface area contributed by atoms with Crippen LogP contribution in [0.1, 0.15) is 13.8 Å². The second-order valence-electron chi connectivity index (χ2n) is 4.17. The first-order valence-electron chi connectivity index (χ1n) is 4.32. The van der Waals surface area contributed by atoms with Crippen molar-refractivity contribution in [2.24, 2.45) is 0 Å². The average molecular weight is 193 g/mol. The standard InChI is InChI=1S/C9H21ClN2/c1-9(2,8-10)12(5)7-6-11(3)4/h6-8H2,1-5H3. The predicted molar refractivity (Wildman–Crippen MR) is 56.0 cm³/mol. The van der Waals surface area contributed by atoms with E-state index in [9.17, 15) is 0 Å². The summed E-state index contributed by atoms with van der Waals surface area (Å²) in [5, 5.41) is 0. The zero-order valence-electron chi connectivity index (χ0n) is 8.89. The number of halogens is 1. The van der Waals surface area contributed by atoms with E-state index < -0.39 is 0 Å². The van der Waals surface area contributed by atoms with E-state index in [4.69, 9.17) is 11.6 Å². The highest BCUT2D eigenvalue weighted by Crippen LogP contribution is 2.13. The monoisotopic (exact) mass is 192 g/mol. The normalized spacial score (nSPS) is 13.0. The molecule has 0 aromatic carbocycles. The molecule has 0 aromatic heterocycles. The lowest BCUT2D eigenvalue weighted by Gasteiger charge is -2.34. The van der Waals surface area contributed by atoms with Crippen molar-refractivity contribution in [3.8, 4) is 0 Å². The number of nitrogens with zero attached hydrogens (tertiary/aromatic N) is 2. The quantitative estimate of drug-likeness (QED) is 0.610. The van der Waals surface area contributed by atoms with Crippen LogP contribution in [0.15, 0.2) is 0 Å². The molecule has 0 aliphatic heterocycles. The van der Waals surface area contributed by atoms with E-state index in [0.29, 0.717) is 5.88 Å². The third kappa shape index (κ3) is 4.29. The zero-order valence-corrected chi connectivity index (χ0v) is 9.65. The average Bonchev–Trinajstić information content (AvgIpc) is 2.00. The molecule has 3 heteroatoms. The largest absolute Gasteiger partial charge is 0.308 e. The van der Waals surface area contributed by atoms with Gasteiger partial charge in [0.15, 0.2) is 0 Å². The maximum Gasteiger partial charge on any atom is 0.0402 e. The molecule has 0 fully saturated rings. The fourth-order valence-electron chi connectivity index (χ4n) is 0.755. The van der Waals surface area contributed by atoms with Gasteiger partial charge in [0.2, 0.25) is 0 Å². The van der Waals surface area contributed by atoms with Crippen molar-refractivity contribution in [1.82, 2.24) is 9.80 Å². The van der Waals surface area contributed by atoms with Gasteiger partial charge in [-0.25, -0.2) is 0 Å². The third-order valence-corrected chi connectivity index (χ3v) is 2.90. The van der Waals surface area contributed by atoms with Gasteiger partial charge < -0.3 is 4.90 Å². The zero-order chi connectivity index (χ0) is 9.78. The van der Waals surface area contributed by atoms with Crippen molar-refractivity contribution in [1.29, 1.82) is 0 Å². The van der Waals surface area contributed by atoms with Crippen molar-refractivity contribution < 1.29 is 0 Å². The number of hydrogen-bond donors (Lipinski definition) is 0. The van der Waals surface area contributed by atoms with Gasteiger partial charge in [-0.1, -0.05) is 0 Å². The van der Waals surface area contributed by atoms with Gasteiger partial charge in [0.25, 0.3) is 0 Å². The first-order chi connectivity index (χ1) is 5.40. The lowest BCUT2D eigenvalue weighted by atomic mass is 10.1. The Kier molecular flexibility index (Phi) is 5.14. The first kappa shape index (κ1) is 12.2. The Bertz CT molecular complexity index is 124. The molecule has 0 heterocycles. The summed E-state index contributed by atoms with van der Waals surface area (Å²) in [6.07, 6.45) is 0. The van der Waals surface area contributed by atoms with Crippen LogP contribution in [0.5, 0.6) is 0 Å². The Balaban J connectivity index is 3.78. The maximum atomic E-state index is 5.85. The van der Waals surface area contributed by atoms with E-state index in [0.717, 1.165) is 13.1 Å². The molecule has 12 heavy (non-hydrogen) atoms. The molecule has 0 radical (unpaired) electrons. The smallest absolute Gasteiger partial charge is 0.0402 e. The van der Waals surface area contributed by atoms with Crippen LogP contribution in [0, 0.1) is 0 Å². The SMILES string of the molecule is CN(C)CCN(C)C(C)(C)CCl.